The smallest absolute Gasteiger partial charge is 0.308 e. The van der Waals surface area contributed by atoms with Crippen LogP contribution in [0.25, 0.3) is 10.9 Å². The van der Waals surface area contributed by atoms with Gasteiger partial charge in [-0.05, 0) is 30.3 Å². The number of hydrogen-bond donors (Lipinski definition) is 0. The molecule has 7 nitrogen and oxygen atoms in total. The third-order valence-corrected chi connectivity index (χ3v) is 5.05. The predicted molar refractivity (Wildman–Crippen MR) is 127 cm³/mol. The lowest BCUT2D eigenvalue weighted by Gasteiger charge is -2.21. The van der Waals surface area contributed by atoms with E-state index in [0.29, 0.717) is 28.0 Å². The lowest BCUT2D eigenvalue weighted by atomic mass is 9.95. The number of esters is 1. The first-order chi connectivity index (χ1) is 14.5. The average Bonchev–Trinajstić information content (AvgIpc) is 2.67. The topological polar surface area (TPSA) is 76.8 Å². The molecule has 0 saturated heterocycles. The molecule has 1 heterocycles. The average molecular weight is 485 g/mol. The van der Waals surface area contributed by atoms with Crippen molar-refractivity contribution in [3.8, 4) is 5.75 Å². The van der Waals surface area contributed by atoms with Crippen molar-refractivity contribution in [2.75, 3.05) is 19.0 Å². The highest BCUT2D eigenvalue weighted by molar-refractivity contribution is 9.10. The molecule has 0 bridgehead atoms. The van der Waals surface area contributed by atoms with Crippen LogP contribution in [0.4, 0.5) is 5.69 Å². The zero-order chi connectivity index (χ0) is 22.9. The van der Waals surface area contributed by atoms with Crippen LogP contribution < -0.4 is 15.2 Å². The van der Waals surface area contributed by atoms with E-state index in [2.05, 4.69) is 21.0 Å². The first kappa shape index (κ1) is 22.7. The first-order valence-electron chi connectivity index (χ1n) is 9.74. The maximum Gasteiger partial charge on any atom is 0.308 e. The molecular formula is C23H25BrN4O3. The van der Waals surface area contributed by atoms with E-state index in [1.165, 1.54) is 17.8 Å². The molecule has 8 heteroatoms. The van der Waals surface area contributed by atoms with Crippen LogP contribution in [0.2, 0.25) is 0 Å². The normalized spacial score (nSPS) is 11.8. The third kappa shape index (κ3) is 5.02. The molecule has 0 saturated carbocycles. The number of carbonyl (C=O) groups is 1. The van der Waals surface area contributed by atoms with Gasteiger partial charge in [0.15, 0.2) is 0 Å². The minimum Gasteiger partial charge on any atom is -0.426 e. The van der Waals surface area contributed by atoms with Crippen LogP contribution in [-0.2, 0) is 10.2 Å². The Labute approximate surface area is 189 Å². The Morgan fingerprint density at radius 2 is 1.90 bits per heavy atom. The fourth-order valence-electron chi connectivity index (χ4n) is 3.01. The number of nitrogens with zero attached hydrogens (tertiary/aromatic N) is 4. The summed E-state index contributed by atoms with van der Waals surface area (Å²) < 4.78 is 7.47. The van der Waals surface area contributed by atoms with Gasteiger partial charge in [-0.2, -0.15) is 9.78 Å². The Morgan fingerprint density at radius 3 is 2.52 bits per heavy atom. The van der Waals surface area contributed by atoms with Crippen molar-refractivity contribution in [1.29, 1.82) is 0 Å². The Kier molecular flexibility index (Phi) is 6.31. The number of carbonyl (C=O) groups excluding carboxylic acids is 1. The van der Waals surface area contributed by atoms with Crippen LogP contribution >= 0.6 is 15.9 Å². The molecule has 0 unspecified atom stereocenters. The number of rotatable bonds is 4. The van der Waals surface area contributed by atoms with E-state index < -0.39 is 11.4 Å². The molecule has 0 fully saturated rings. The number of aromatic nitrogens is 2. The lowest BCUT2D eigenvalue weighted by Crippen LogP contribution is -2.29. The van der Waals surface area contributed by atoms with Crippen LogP contribution in [0.5, 0.6) is 5.75 Å². The summed E-state index contributed by atoms with van der Waals surface area (Å²) in [4.78, 5) is 31.5. The molecule has 0 atom stereocenters. The monoisotopic (exact) mass is 484 g/mol. The predicted octanol–water partition coefficient (Wildman–Crippen LogP) is 4.33. The number of ether oxygens (including phenoxy) is 1. The van der Waals surface area contributed by atoms with Crippen molar-refractivity contribution in [2.24, 2.45) is 5.10 Å². The van der Waals surface area contributed by atoms with Crippen molar-refractivity contribution in [3.05, 3.63) is 62.6 Å². The molecular weight excluding hydrogens is 460 g/mol. The molecule has 0 radical (unpaired) electrons. The van der Waals surface area contributed by atoms with E-state index in [9.17, 15) is 9.59 Å². The van der Waals surface area contributed by atoms with Crippen LogP contribution in [-0.4, -0.2) is 35.9 Å². The maximum atomic E-state index is 13.3. The molecule has 0 aliphatic heterocycles. The van der Waals surface area contributed by atoms with E-state index >= 15 is 0 Å². The van der Waals surface area contributed by atoms with Crippen molar-refractivity contribution in [2.45, 2.75) is 33.1 Å². The van der Waals surface area contributed by atoms with Gasteiger partial charge in [0.25, 0.3) is 5.56 Å². The summed E-state index contributed by atoms with van der Waals surface area (Å²) in [6, 6.07) is 10.8. The van der Waals surface area contributed by atoms with Gasteiger partial charge in [-0.1, -0.05) is 36.7 Å². The van der Waals surface area contributed by atoms with Crippen molar-refractivity contribution in [1.82, 2.24) is 9.66 Å². The molecule has 162 valence electrons. The molecule has 0 amide bonds. The van der Waals surface area contributed by atoms with Gasteiger partial charge < -0.3 is 9.64 Å². The number of hydrogen-bond acceptors (Lipinski definition) is 6. The van der Waals surface area contributed by atoms with Gasteiger partial charge in [0.2, 0.25) is 0 Å². The lowest BCUT2D eigenvalue weighted by molar-refractivity contribution is -0.131. The summed E-state index contributed by atoms with van der Waals surface area (Å²) in [6.45, 7) is 7.27. The van der Waals surface area contributed by atoms with Gasteiger partial charge in [-0.3, -0.25) is 9.59 Å². The Hall–Kier alpha value is -3.00. The van der Waals surface area contributed by atoms with Gasteiger partial charge in [-0.25, -0.2) is 4.98 Å². The summed E-state index contributed by atoms with van der Waals surface area (Å²) in [5.74, 6) is 0.460. The Bertz CT molecular complexity index is 1240. The van der Waals surface area contributed by atoms with Crippen molar-refractivity contribution in [3.63, 3.8) is 0 Å². The standard InChI is InChI=1S/C23H25BrN4O3/c1-14(29)31-20-12-17(27(5)6)9-7-15(20)13-25-28-21(30)18-11-16(24)8-10-19(18)26-22(28)23(2,3)4/h7-13H,1-6H3. The highest BCUT2D eigenvalue weighted by Gasteiger charge is 2.23. The van der Waals surface area contributed by atoms with E-state index in [0.717, 1.165) is 10.2 Å². The number of fused-ring (bicyclic) bond motifs is 1. The van der Waals surface area contributed by atoms with Gasteiger partial charge >= 0.3 is 5.97 Å². The molecule has 0 N–H and O–H groups in total. The molecule has 0 aliphatic rings. The third-order valence-electron chi connectivity index (χ3n) is 4.56. The number of anilines is 1. The van der Waals surface area contributed by atoms with Gasteiger partial charge in [0.05, 0.1) is 17.1 Å². The quantitative estimate of drug-likeness (QED) is 0.312. The van der Waals surface area contributed by atoms with Crippen molar-refractivity contribution >= 4 is 44.7 Å². The highest BCUT2D eigenvalue weighted by atomic mass is 79.9. The number of benzene rings is 2. The van der Waals surface area contributed by atoms with Crippen LogP contribution in [0, 0.1) is 0 Å². The molecule has 3 rings (SSSR count). The Morgan fingerprint density at radius 1 is 1.19 bits per heavy atom. The maximum absolute atomic E-state index is 13.3. The molecule has 3 aromatic rings. The molecule has 1 aromatic heterocycles. The Balaban J connectivity index is 2.20. The van der Waals surface area contributed by atoms with E-state index in [1.807, 2.05) is 58.0 Å². The minimum atomic E-state index is -0.435. The summed E-state index contributed by atoms with van der Waals surface area (Å²) >= 11 is 3.41. The highest BCUT2D eigenvalue weighted by Crippen LogP contribution is 2.25. The second-order valence-corrected chi connectivity index (χ2v) is 9.33. The number of halogens is 1. The summed E-state index contributed by atoms with van der Waals surface area (Å²) in [5.41, 5.74) is 1.36. The zero-order valence-electron chi connectivity index (χ0n) is 18.4. The second-order valence-electron chi connectivity index (χ2n) is 8.42. The van der Waals surface area contributed by atoms with Crippen molar-refractivity contribution < 1.29 is 9.53 Å². The van der Waals surface area contributed by atoms with Gasteiger partial charge in [0.1, 0.15) is 11.6 Å². The summed E-state index contributed by atoms with van der Waals surface area (Å²) in [6.07, 6.45) is 1.51. The summed E-state index contributed by atoms with van der Waals surface area (Å²) in [5, 5.41) is 4.92. The molecule has 2 aromatic carbocycles. The first-order valence-corrected chi connectivity index (χ1v) is 10.5. The van der Waals surface area contributed by atoms with Gasteiger partial charge in [0, 0.05) is 48.2 Å². The summed E-state index contributed by atoms with van der Waals surface area (Å²) in [7, 11) is 3.80. The zero-order valence-corrected chi connectivity index (χ0v) is 20.0. The molecule has 0 aliphatic carbocycles. The van der Waals surface area contributed by atoms with E-state index in [-0.39, 0.29) is 5.56 Å². The van der Waals surface area contributed by atoms with Gasteiger partial charge in [-0.15, -0.1) is 0 Å². The fourth-order valence-corrected chi connectivity index (χ4v) is 3.37. The fraction of sp³-hybridized carbons (Fsp3) is 0.304. The van der Waals surface area contributed by atoms with E-state index in [1.54, 1.807) is 18.2 Å². The minimum absolute atomic E-state index is 0.272. The molecule has 0 spiro atoms. The van der Waals surface area contributed by atoms with Crippen LogP contribution in [0.1, 0.15) is 39.1 Å². The van der Waals surface area contributed by atoms with Crippen LogP contribution in [0.3, 0.4) is 0 Å². The molecule has 31 heavy (non-hydrogen) atoms. The second kappa shape index (κ2) is 8.63. The largest absolute Gasteiger partial charge is 0.426 e. The van der Waals surface area contributed by atoms with E-state index in [4.69, 9.17) is 9.72 Å². The SMILES string of the molecule is CC(=O)Oc1cc(N(C)C)ccc1C=Nn1c(C(C)(C)C)nc2ccc(Br)cc2c1=O. The van der Waals surface area contributed by atoms with Crippen LogP contribution in [0.15, 0.2) is 50.8 Å².